The summed E-state index contributed by atoms with van der Waals surface area (Å²) < 4.78 is 7.69. The van der Waals surface area contributed by atoms with E-state index in [-0.39, 0.29) is 5.91 Å². The number of hydrogen-bond acceptors (Lipinski definition) is 3. The number of fused-ring (bicyclic) bond motifs is 1. The van der Waals surface area contributed by atoms with Crippen LogP contribution in [0.15, 0.2) is 48.5 Å². The summed E-state index contributed by atoms with van der Waals surface area (Å²) in [6.07, 6.45) is 26.5. The highest BCUT2D eigenvalue weighted by molar-refractivity contribution is 5.94. The Hall–Kier alpha value is -2.82. The first-order valence-corrected chi connectivity index (χ1v) is 17.6. The number of amides is 1. The molecule has 0 bridgehead atoms. The molecule has 1 N–H and O–H groups in total. The number of methoxy groups -OCH3 is 1. The fourth-order valence-electron chi connectivity index (χ4n) is 6.04. The zero-order valence-electron chi connectivity index (χ0n) is 27.4. The maximum Gasteiger partial charge on any atom is 0.251 e. The quantitative estimate of drug-likeness (QED) is 0.100. The van der Waals surface area contributed by atoms with E-state index in [1.165, 1.54) is 114 Å². The second kappa shape index (κ2) is 21.8. The van der Waals surface area contributed by atoms with Crippen molar-refractivity contribution in [2.24, 2.45) is 0 Å². The monoisotopic (exact) mass is 589 g/mol. The molecule has 1 heterocycles. The normalized spacial score (nSPS) is 11.3. The predicted octanol–water partition coefficient (Wildman–Crippen LogP) is 10.4. The fraction of sp³-hybridized carbons (Fsp3) is 0.632. The number of unbranched alkanes of at least 4 members (excludes halogenated alkanes) is 17. The van der Waals surface area contributed by atoms with Crippen molar-refractivity contribution >= 4 is 16.9 Å². The maximum atomic E-state index is 12.4. The molecule has 3 rings (SSSR count). The molecule has 0 aliphatic rings. The van der Waals surface area contributed by atoms with Crippen LogP contribution in [0.3, 0.4) is 0 Å². The number of para-hydroxylation sites is 2. The molecule has 43 heavy (non-hydrogen) atoms. The smallest absolute Gasteiger partial charge is 0.251 e. The molecule has 5 heteroatoms. The first-order chi connectivity index (χ1) is 21.2. The van der Waals surface area contributed by atoms with Gasteiger partial charge < -0.3 is 14.6 Å². The molecular formula is C38H59N3O2. The lowest BCUT2D eigenvalue weighted by molar-refractivity contribution is 0.0952. The van der Waals surface area contributed by atoms with Crippen LogP contribution in [-0.2, 0) is 13.0 Å². The topological polar surface area (TPSA) is 56.2 Å². The number of benzene rings is 2. The third-order valence-electron chi connectivity index (χ3n) is 8.66. The van der Waals surface area contributed by atoms with Gasteiger partial charge in [-0.3, -0.25) is 4.79 Å². The maximum absolute atomic E-state index is 12.4. The molecule has 0 spiro atoms. The number of carbonyl (C=O) groups excluding carboxylic acids is 1. The Morgan fingerprint density at radius 1 is 0.721 bits per heavy atom. The Labute approximate surface area is 262 Å². The largest absolute Gasteiger partial charge is 0.497 e. The Morgan fingerprint density at radius 3 is 1.98 bits per heavy atom. The summed E-state index contributed by atoms with van der Waals surface area (Å²) in [5.74, 6) is 1.87. The molecule has 0 aliphatic heterocycles. The van der Waals surface area contributed by atoms with Crippen LogP contribution in [0.25, 0.3) is 11.0 Å². The lowest BCUT2D eigenvalue weighted by Gasteiger charge is -2.10. The number of imidazole rings is 1. The van der Waals surface area contributed by atoms with Crippen LogP contribution < -0.4 is 10.1 Å². The van der Waals surface area contributed by atoms with Crippen molar-refractivity contribution in [1.82, 2.24) is 14.9 Å². The summed E-state index contributed by atoms with van der Waals surface area (Å²) in [5, 5.41) is 3.04. The molecule has 0 saturated heterocycles. The minimum Gasteiger partial charge on any atom is -0.497 e. The molecule has 238 valence electrons. The number of nitrogens with one attached hydrogen (secondary N) is 1. The van der Waals surface area contributed by atoms with E-state index < -0.39 is 0 Å². The molecule has 0 atom stereocenters. The highest BCUT2D eigenvalue weighted by Crippen LogP contribution is 2.20. The summed E-state index contributed by atoms with van der Waals surface area (Å²) in [7, 11) is 1.62. The summed E-state index contributed by atoms with van der Waals surface area (Å²) in [5.41, 5.74) is 3.02. The van der Waals surface area contributed by atoms with Crippen LogP contribution in [0, 0.1) is 0 Å². The van der Waals surface area contributed by atoms with E-state index in [0.717, 1.165) is 37.7 Å². The van der Waals surface area contributed by atoms with Crippen molar-refractivity contribution < 1.29 is 9.53 Å². The lowest BCUT2D eigenvalue weighted by atomic mass is 10.0. The van der Waals surface area contributed by atoms with Crippen molar-refractivity contribution in [2.45, 2.75) is 142 Å². The van der Waals surface area contributed by atoms with Gasteiger partial charge in [0, 0.05) is 25.1 Å². The number of rotatable bonds is 25. The van der Waals surface area contributed by atoms with E-state index in [2.05, 4.69) is 41.1 Å². The first-order valence-electron chi connectivity index (χ1n) is 17.6. The van der Waals surface area contributed by atoms with E-state index in [1.54, 1.807) is 13.2 Å². The lowest BCUT2D eigenvalue weighted by Crippen LogP contribution is -2.24. The van der Waals surface area contributed by atoms with Gasteiger partial charge in [-0.05, 0) is 49.6 Å². The van der Waals surface area contributed by atoms with Gasteiger partial charge in [0.15, 0.2) is 0 Å². The average Bonchev–Trinajstić information content (AvgIpc) is 3.39. The highest BCUT2D eigenvalue weighted by atomic mass is 16.5. The standard InChI is InChI=1S/C38H59N3O2/c1-3-4-5-6-7-8-9-10-11-12-13-14-15-16-17-23-31-41-36-28-21-20-27-35(36)40-37(41)29-19-18-22-30-39-38(42)33-25-24-26-34(32-33)43-2/h20-21,24-28,32H,3-19,22-23,29-31H2,1-2H3,(H,39,42). The van der Waals surface area contributed by atoms with E-state index in [4.69, 9.17) is 9.72 Å². The van der Waals surface area contributed by atoms with Gasteiger partial charge in [0.25, 0.3) is 5.91 Å². The highest BCUT2D eigenvalue weighted by Gasteiger charge is 2.10. The molecule has 1 amide bonds. The van der Waals surface area contributed by atoms with Gasteiger partial charge in [0.05, 0.1) is 18.1 Å². The molecule has 0 fully saturated rings. The molecular weight excluding hydrogens is 530 g/mol. The van der Waals surface area contributed by atoms with Crippen LogP contribution in [-0.4, -0.2) is 29.1 Å². The van der Waals surface area contributed by atoms with E-state index >= 15 is 0 Å². The van der Waals surface area contributed by atoms with E-state index in [9.17, 15) is 4.79 Å². The second-order valence-corrected chi connectivity index (χ2v) is 12.3. The van der Waals surface area contributed by atoms with Crippen molar-refractivity contribution in [3.8, 4) is 5.75 Å². The van der Waals surface area contributed by atoms with Gasteiger partial charge in [-0.25, -0.2) is 4.98 Å². The minimum atomic E-state index is -0.0421. The van der Waals surface area contributed by atoms with Gasteiger partial charge in [0.1, 0.15) is 11.6 Å². The van der Waals surface area contributed by atoms with Crippen LogP contribution >= 0.6 is 0 Å². The van der Waals surface area contributed by atoms with Crippen LogP contribution in [0.2, 0.25) is 0 Å². The van der Waals surface area contributed by atoms with Crippen LogP contribution in [0.1, 0.15) is 145 Å². The van der Waals surface area contributed by atoms with Gasteiger partial charge in [-0.1, -0.05) is 128 Å². The molecule has 1 aromatic heterocycles. The third-order valence-corrected chi connectivity index (χ3v) is 8.66. The van der Waals surface area contributed by atoms with Gasteiger partial charge in [-0.2, -0.15) is 0 Å². The number of hydrogen-bond donors (Lipinski definition) is 1. The molecule has 0 radical (unpaired) electrons. The van der Waals surface area contributed by atoms with E-state index in [0.29, 0.717) is 17.9 Å². The van der Waals surface area contributed by atoms with Crippen molar-refractivity contribution in [2.75, 3.05) is 13.7 Å². The number of aromatic nitrogens is 2. The van der Waals surface area contributed by atoms with Crippen molar-refractivity contribution in [3.63, 3.8) is 0 Å². The fourth-order valence-corrected chi connectivity index (χ4v) is 6.04. The van der Waals surface area contributed by atoms with Crippen LogP contribution in [0.4, 0.5) is 0 Å². The number of ether oxygens (including phenoxy) is 1. The van der Waals surface area contributed by atoms with Crippen molar-refractivity contribution in [3.05, 3.63) is 59.9 Å². The molecule has 2 aromatic carbocycles. The summed E-state index contributed by atoms with van der Waals surface area (Å²) in [4.78, 5) is 17.4. The zero-order valence-corrected chi connectivity index (χ0v) is 27.4. The van der Waals surface area contributed by atoms with Crippen molar-refractivity contribution in [1.29, 1.82) is 0 Å². The molecule has 5 nitrogen and oxygen atoms in total. The first kappa shape index (κ1) is 34.7. The third kappa shape index (κ3) is 13.6. The molecule has 0 aliphatic carbocycles. The number of carbonyl (C=O) groups is 1. The Kier molecular flexibility index (Phi) is 17.6. The summed E-state index contributed by atoms with van der Waals surface area (Å²) >= 11 is 0. The van der Waals surface area contributed by atoms with Gasteiger partial charge >= 0.3 is 0 Å². The minimum absolute atomic E-state index is 0.0421. The summed E-state index contributed by atoms with van der Waals surface area (Å²) in [6.45, 7) is 4.04. The predicted molar refractivity (Wildman–Crippen MR) is 182 cm³/mol. The van der Waals surface area contributed by atoms with E-state index in [1.807, 2.05) is 18.2 Å². The van der Waals surface area contributed by atoms with Gasteiger partial charge in [0.2, 0.25) is 0 Å². The Morgan fingerprint density at radius 2 is 1.33 bits per heavy atom. The Bertz CT molecular complexity index is 1160. The zero-order chi connectivity index (χ0) is 30.4. The summed E-state index contributed by atoms with van der Waals surface area (Å²) in [6, 6.07) is 15.9. The van der Waals surface area contributed by atoms with Gasteiger partial charge in [-0.15, -0.1) is 0 Å². The number of aryl methyl sites for hydroxylation is 2. The van der Waals surface area contributed by atoms with Crippen LogP contribution in [0.5, 0.6) is 5.75 Å². The number of nitrogens with zero attached hydrogens (tertiary/aromatic N) is 2. The SMILES string of the molecule is CCCCCCCCCCCCCCCCCCn1c(CCCCCNC(=O)c2cccc(OC)c2)nc2ccccc21. The second-order valence-electron chi connectivity index (χ2n) is 12.3. The Balaban J connectivity index is 1.25. The average molecular weight is 590 g/mol. The molecule has 0 unspecified atom stereocenters. The molecule has 0 saturated carbocycles. The molecule has 3 aromatic rings.